The summed E-state index contributed by atoms with van der Waals surface area (Å²) in [5.74, 6) is 1.02. The van der Waals surface area contributed by atoms with Gasteiger partial charge in [-0.05, 0) is 57.0 Å². The van der Waals surface area contributed by atoms with Gasteiger partial charge in [0.1, 0.15) is 5.75 Å². The van der Waals surface area contributed by atoms with Crippen molar-refractivity contribution in [3.05, 3.63) is 28.3 Å². The predicted molar refractivity (Wildman–Crippen MR) is 72.6 cm³/mol. The van der Waals surface area contributed by atoms with Gasteiger partial charge in [0.15, 0.2) is 0 Å². The number of methoxy groups -OCH3 is 1. The molecule has 0 fully saturated rings. The highest BCUT2D eigenvalue weighted by Gasteiger charge is 2.11. The zero-order valence-corrected chi connectivity index (χ0v) is 11.4. The van der Waals surface area contributed by atoms with Crippen molar-refractivity contribution in [2.24, 2.45) is 5.73 Å². The second kappa shape index (κ2) is 6.62. The minimum Gasteiger partial charge on any atom is -0.496 e. The van der Waals surface area contributed by atoms with Crippen LogP contribution in [0.4, 0.5) is 0 Å². The maximum absolute atomic E-state index is 5.53. The summed E-state index contributed by atoms with van der Waals surface area (Å²) in [6.45, 7) is 8.89. The van der Waals surface area contributed by atoms with E-state index in [0.29, 0.717) is 0 Å². The molecule has 0 aliphatic carbocycles. The third kappa shape index (κ3) is 3.45. The Bertz CT molecular complexity index is 375. The number of nitrogens with two attached hydrogens (primary N) is 1. The lowest BCUT2D eigenvalue weighted by atomic mass is 9.99. The van der Waals surface area contributed by atoms with Crippen LogP contribution >= 0.6 is 0 Å². The number of nitrogens with one attached hydrogen (secondary N) is 1. The van der Waals surface area contributed by atoms with Crippen LogP contribution < -0.4 is 15.8 Å². The Morgan fingerprint density at radius 3 is 2.53 bits per heavy atom. The molecule has 0 amide bonds. The number of benzene rings is 1. The minimum absolute atomic E-state index is 0.732. The topological polar surface area (TPSA) is 47.3 Å². The van der Waals surface area contributed by atoms with Crippen LogP contribution in [0.5, 0.6) is 5.75 Å². The molecule has 0 aliphatic rings. The molecule has 1 aromatic rings. The number of ether oxygens (including phenoxy) is 1. The molecule has 0 saturated carbocycles. The summed E-state index contributed by atoms with van der Waals surface area (Å²) in [6.07, 6.45) is 1.01. The number of hydrogen-bond acceptors (Lipinski definition) is 3. The summed E-state index contributed by atoms with van der Waals surface area (Å²) in [7, 11) is 1.74. The molecule has 0 heterocycles. The molecule has 1 rings (SSSR count). The van der Waals surface area contributed by atoms with E-state index in [-0.39, 0.29) is 0 Å². The van der Waals surface area contributed by atoms with Crippen molar-refractivity contribution in [1.29, 1.82) is 0 Å². The van der Waals surface area contributed by atoms with Crippen LogP contribution in [0.2, 0.25) is 0 Å². The molecular weight excluding hydrogens is 212 g/mol. The lowest BCUT2D eigenvalue weighted by molar-refractivity contribution is 0.403. The van der Waals surface area contributed by atoms with Crippen molar-refractivity contribution in [2.75, 3.05) is 20.2 Å². The Labute approximate surface area is 104 Å². The predicted octanol–water partition coefficient (Wildman–Crippen LogP) is 2.06. The van der Waals surface area contributed by atoms with E-state index in [0.717, 1.165) is 31.8 Å². The summed E-state index contributed by atoms with van der Waals surface area (Å²) in [6, 6.07) is 2.22. The van der Waals surface area contributed by atoms with Crippen LogP contribution in [-0.2, 0) is 6.54 Å². The average molecular weight is 236 g/mol. The van der Waals surface area contributed by atoms with E-state index in [2.05, 4.69) is 32.2 Å². The lowest BCUT2D eigenvalue weighted by Crippen LogP contribution is -2.19. The second-order valence-electron chi connectivity index (χ2n) is 4.47. The number of hydrogen-bond donors (Lipinski definition) is 2. The molecule has 17 heavy (non-hydrogen) atoms. The fourth-order valence-corrected chi connectivity index (χ4v) is 2.04. The highest BCUT2D eigenvalue weighted by atomic mass is 16.5. The molecule has 0 radical (unpaired) electrons. The Morgan fingerprint density at radius 2 is 1.94 bits per heavy atom. The number of rotatable bonds is 6. The van der Waals surface area contributed by atoms with E-state index in [1.54, 1.807) is 7.11 Å². The Hall–Kier alpha value is -1.06. The molecule has 3 heteroatoms. The molecule has 3 nitrogen and oxygen atoms in total. The van der Waals surface area contributed by atoms with Gasteiger partial charge in [0.2, 0.25) is 0 Å². The first kappa shape index (κ1) is 14.0. The first-order valence-electron chi connectivity index (χ1n) is 6.16. The van der Waals surface area contributed by atoms with Crippen LogP contribution in [0, 0.1) is 20.8 Å². The van der Waals surface area contributed by atoms with E-state index >= 15 is 0 Å². The van der Waals surface area contributed by atoms with E-state index in [1.165, 1.54) is 22.3 Å². The maximum Gasteiger partial charge on any atom is 0.126 e. The third-order valence-corrected chi connectivity index (χ3v) is 3.18. The Balaban J connectivity index is 2.86. The summed E-state index contributed by atoms with van der Waals surface area (Å²) in [4.78, 5) is 0. The smallest absolute Gasteiger partial charge is 0.126 e. The van der Waals surface area contributed by atoms with Gasteiger partial charge in [0.05, 0.1) is 7.11 Å². The van der Waals surface area contributed by atoms with Crippen molar-refractivity contribution in [3.63, 3.8) is 0 Å². The van der Waals surface area contributed by atoms with Gasteiger partial charge < -0.3 is 15.8 Å². The molecule has 0 bridgehead atoms. The molecule has 0 saturated heterocycles. The lowest BCUT2D eigenvalue weighted by Gasteiger charge is -2.17. The van der Waals surface area contributed by atoms with Gasteiger partial charge in [-0.3, -0.25) is 0 Å². The molecule has 0 aliphatic heterocycles. The minimum atomic E-state index is 0.732. The van der Waals surface area contributed by atoms with Gasteiger partial charge in [0, 0.05) is 12.1 Å². The standard InChI is InChI=1S/C14H24N2O/c1-10-8-11(2)13(9-16-7-5-6-15)14(17-4)12(10)3/h8,16H,5-7,9,15H2,1-4H3. The SMILES string of the molecule is COc1c(C)c(C)cc(C)c1CNCCCN. The highest BCUT2D eigenvalue weighted by molar-refractivity contribution is 5.49. The molecule has 3 N–H and O–H groups in total. The summed E-state index contributed by atoms with van der Waals surface area (Å²) in [5.41, 5.74) is 10.5. The van der Waals surface area contributed by atoms with Gasteiger partial charge in [0.25, 0.3) is 0 Å². The van der Waals surface area contributed by atoms with Gasteiger partial charge in [-0.2, -0.15) is 0 Å². The molecule has 1 aromatic carbocycles. The van der Waals surface area contributed by atoms with E-state index in [1.807, 2.05) is 0 Å². The Morgan fingerprint density at radius 1 is 1.24 bits per heavy atom. The largest absolute Gasteiger partial charge is 0.496 e. The van der Waals surface area contributed by atoms with Crippen LogP contribution in [0.3, 0.4) is 0 Å². The van der Waals surface area contributed by atoms with Crippen LogP contribution in [-0.4, -0.2) is 20.2 Å². The van der Waals surface area contributed by atoms with Crippen molar-refractivity contribution in [2.45, 2.75) is 33.7 Å². The zero-order chi connectivity index (χ0) is 12.8. The van der Waals surface area contributed by atoms with Gasteiger partial charge in [-0.15, -0.1) is 0 Å². The first-order valence-corrected chi connectivity index (χ1v) is 6.16. The van der Waals surface area contributed by atoms with Crippen LogP contribution in [0.1, 0.15) is 28.7 Å². The van der Waals surface area contributed by atoms with Crippen molar-refractivity contribution < 1.29 is 4.74 Å². The molecule has 0 unspecified atom stereocenters. The van der Waals surface area contributed by atoms with E-state index < -0.39 is 0 Å². The summed E-state index contributed by atoms with van der Waals surface area (Å²) < 4.78 is 5.53. The fourth-order valence-electron chi connectivity index (χ4n) is 2.04. The first-order chi connectivity index (χ1) is 8.11. The van der Waals surface area contributed by atoms with E-state index in [9.17, 15) is 0 Å². The maximum atomic E-state index is 5.53. The van der Waals surface area contributed by atoms with Gasteiger partial charge in [-0.1, -0.05) is 6.07 Å². The molecule has 0 aromatic heterocycles. The molecule has 0 spiro atoms. The normalized spacial score (nSPS) is 10.6. The Kier molecular flexibility index (Phi) is 5.45. The monoisotopic (exact) mass is 236 g/mol. The summed E-state index contributed by atoms with van der Waals surface area (Å²) >= 11 is 0. The van der Waals surface area contributed by atoms with E-state index in [4.69, 9.17) is 10.5 Å². The van der Waals surface area contributed by atoms with Gasteiger partial charge >= 0.3 is 0 Å². The molecule has 96 valence electrons. The van der Waals surface area contributed by atoms with Crippen LogP contribution in [0.25, 0.3) is 0 Å². The third-order valence-electron chi connectivity index (χ3n) is 3.18. The zero-order valence-electron chi connectivity index (χ0n) is 11.4. The fraction of sp³-hybridized carbons (Fsp3) is 0.571. The van der Waals surface area contributed by atoms with Crippen molar-refractivity contribution in [1.82, 2.24) is 5.32 Å². The average Bonchev–Trinajstić information content (AvgIpc) is 2.31. The van der Waals surface area contributed by atoms with Crippen LogP contribution in [0.15, 0.2) is 6.07 Å². The van der Waals surface area contributed by atoms with Crippen molar-refractivity contribution >= 4 is 0 Å². The quantitative estimate of drug-likeness (QED) is 0.743. The number of aryl methyl sites for hydroxylation is 2. The van der Waals surface area contributed by atoms with Crippen molar-refractivity contribution in [3.8, 4) is 5.75 Å². The summed E-state index contributed by atoms with van der Waals surface area (Å²) in [5, 5.41) is 3.40. The second-order valence-corrected chi connectivity index (χ2v) is 4.47. The molecule has 0 atom stereocenters. The highest BCUT2D eigenvalue weighted by Crippen LogP contribution is 2.29. The van der Waals surface area contributed by atoms with Gasteiger partial charge in [-0.25, -0.2) is 0 Å². The molecular formula is C14H24N2O.